The number of ether oxygens (including phenoxy) is 1. The molecule has 90 valence electrons. The van der Waals surface area contributed by atoms with Crippen molar-refractivity contribution >= 4 is 11.6 Å². The number of amides is 1. The van der Waals surface area contributed by atoms with Crippen molar-refractivity contribution in [3.05, 3.63) is 23.8 Å². The third kappa shape index (κ3) is 2.88. The molecule has 5 heteroatoms. The van der Waals surface area contributed by atoms with Gasteiger partial charge in [-0.1, -0.05) is 0 Å². The maximum absolute atomic E-state index is 11.2. The molecular weight excluding hydrogens is 218 g/mol. The minimum Gasteiger partial charge on any atom is -0.497 e. The molecule has 0 aromatic heterocycles. The smallest absolute Gasteiger partial charge is 0.242 e. The van der Waals surface area contributed by atoms with Crippen molar-refractivity contribution < 1.29 is 9.53 Å². The van der Waals surface area contributed by atoms with Crippen molar-refractivity contribution in [2.45, 2.75) is 19.4 Å². The highest BCUT2D eigenvalue weighted by Crippen LogP contribution is 2.24. The lowest BCUT2D eigenvalue weighted by molar-refractivity contribution is -0.121. The molecule has 0 aliphatic carbocycles. The predicted molar refractivity (Wildman–Crippen MR) is 64.6 cm³/mol. The van der Waals surface area contributed by atoms with Gasteiger partial charge >= 0.3 is 0 Å². The molecule has 5 nitrogen and oxygen atoms in total. The monoisotopic (exact) mass is 233 g/mol. The zero-order valence-electron chi connectivity index (χ0n) is 10.1. The van der Waals surface area contributed by atoms with Gasteiger partial charge in [-0.15, -0.1) is 0 Å². The number of hydrogen-bond donors (Lipinski definition) is 2. The number of carbonyl (C=O) groups is 1. The number of methoxy groups -OCH3 is 1. The summed E-state index contributed by atoms with van der Waals surface area (Å²) in [6, 6.07) is 7.00. The number of carbonyl (C=O) groups excluding carboxylic acids is 1. The molecule has 3 N–H and O–H groups in total. The summed E-state index contributed by atoms with van der Waals surface area (Å²) in [5, 5.41) is 11.9. The molecule has 0 aliphatic heterocycles. The SMILES string of the molecule is COc1ccc(C#N)c(NC(C)(C)C(N)=O)c1. The fraction of sp³-hybridized carbons (Fsp3) is 0.333. The number of nitriles is 1. The number of nitrogens with one attached hydrogen (secondary N) is 1. The molecule has 17 heavy (non-hydrogen) atoms. The molecule has 0 saturated carbocycles. The topological polar surface area (TPSA) is 88.1 Å². The maximum Gasteiger partial charge on any atom is 0.242 e. The van der Waals surface area contributed by atoms with E-state index in [1.807, 2.05) is 6.07 Å². The van der Waals surface area contributed by atoms with E-state index in [0.717, 1.165) is 0 Å². The van der Waals surface area contributed by atoms with Crippen LogP contribution in [0.25, 0.3) is 0 Å². The summed E-state index contributed by atoms with van der Waals surface area (Å²) < 4.78 is 5.06. The quantitative estimate of drug-likeness (QED) is 0.819. The molecule has 0 aliphatic rings. The average Bonchev–Trinajstić information content (AvgIpc) is 2.28. The van der Waals surface area contributed by atoms with Crippen molar-refractivity contribution in [1.29, 1.82) is 5.26 Å². The first kappa shape index (κ1) is 12.8. The number of nitrogens with zero attached hydrogens (tertiary/aromatic N) is 1. The predicted octanol–water partition coefficient (Wildman–Crippen LogP) is 1.24. The van der Waals surface area contributed by atoms with Crippen molar-refractivity contribution in [2.75, 3.05) is 12.4 Å². The Labute approximate surface area is 100 Å². The van der Waals surface area contributed by atoms with Crippen molar-refractivity contribution in [1.82, 2.24) is 0 Å². The summed E-state index contributed by atoms with van der Waals surface area (Å²) in [6.07, 6.45) is 0. The average molecular weight is 233 g/mol. The lowest BCUT2D eigenvalue weighted by atomic mass is 10.0. The van der Waals surface area contributed by atoms with Gasteiger partial charge < -0.3 is 15.8 Å². The first-order chi connectivity index (χ1) is 7.90. The summed E-state index contributed by atoms with van der Waals surface area (Å²) in [6.45, 7) is 3.30. The van der Waals surface area contributed by atoms with Crippen LogP contribution in [0.1, 0.15) is 19.4 Å². The van der Waals surface area contributed by atoms with Crippen LogP contribution in [-0.4, -0.2) is 18.6 Å². The highest BCUT2D eigenvalue weighted by atomic mass is 16.5. The van der Waals surface area contributed by atoms with Crippen LogP contribution >= 0.6 is 0 Å². The summed E-state index contributed by atoms with van der Waals surface area (Å²) in [5.74, 6) is 0.107. The molecule has 0 saturated heterocycles. The maximum atomic E-state index is 11.2. The van der Waals surface area contributed by atoms with Gasteiger partial charge in [0.05, 0.1) is 18.4 Å². The molecule has 0 atom stereocenters. The van der Waals surface area contributed by atoms with E-state index in [0.29, 0.717) is 17.0 Å². The normalized spacial score (nSPS) is 10.5. The molecule has 0 heterocycles. The Balaban J connectivity index is 3.13. The second-order valence-corrected chi connectivity index (χ2v) is 4.14. The fourth-order valence-electron chi connectivity index (χ4n) is 1.25. The van der Waals surface area contributed by atoms with E-state index in [4.69, 9.17) is 15.7 Å². The summed E-state index contributed by atoms with van der Waals surface area (Å²) in [4.78, 5) is 11.2. The second kappa shape index (κ2) is 4.74. The van der Waals surface area contributed by atoms with Crippen molar-refractivity contribution in [3.8, 4) is 11.8 Å². The van der Waals surface area contributed by atoms with Gasteiger partial charge in [-0.2, -0.15) is 5.26 Å². The fourth-order valence-corrected chi connectivity index (χ4v) is 1.25. The van der Waals surface area contributed by atoms with E-state index >= 15 is 0 Å². The molecular formula is C12H15N3O2. The molecule has 0 radical (unpaired) electrons. The number of rotatable bonds is 4. The van der Waals surface area contributed by atoms with E-state index in [9.17, 15) is 4.79 Å². The van der Waals surface area contributed by atoms with Crippen LogP contribution in [0.5, 0.6) is 5.75 Å². The number of primary amides is 1. The third-order valence-electron chi connectivity index (χ3n) is 2.41. The summed E-state index contributed by atoms with van der Waals surface area (Å²) in [7, 11) is 1.53. The van der Waals surface area contributed by atoms with Gasteiger partial charge in [0.1, 0.15) is 17.4 Å². The van der Waals surface area contributed by atoms with Gasteiger partial charge in [0.2, 0.25) is 5.91 Å². The molecule has 1 amide bonds. The number of hydrogen-bond acceptors (Lipinski definition) is 4. The standard InChI is InChI=1S/C12H15N3O2/c1-12(2,11(14)16)15-10-6-9(17-3)5-4-8(10)7-13/h4-6,15H,1-3H3,(H2,14,16). The minimum atomic E-state index is -0.933. The van der Waals surface area contributed by atoms with Crippen molar-refractivity contribution in [2.24, 2.45) is 5.73 Å². The van der Waals surface area contributed by atoms with Gasteiger partial charge in [0, 0.05) is 6.07 Å². The third-order valence-corrected chi connectivity index (χ3v) is 2.41. The van der Waals surface area contributed by atoms with Crippen LogP contribution in [0.4, 0.5) is 5.69 Å². The molecule has 0 unspecified atom stereocenters. The minimum absolute atomic E-state index is 0.431. The first-order valence-corrected chi connectivity index (χ1v) is 5.07. The molecule has 1 rings (SSSR count). The summed E-state index contributed by atoms with van der Waals surface area (Å²) in [5.41, 5.74) is 5.29. The van der Waals surface area contributed by atoms with Crippen LogP contribution in [0.2, 0.25) is 0 Å². The number of benzene rings is 1. The molecule has 0 fully saturated rings. The molecule has 1 aromatic rings. The van der Waals surface area contributed by atoms with E-state index in [1.54, 1.807) is 32.0 Å². The molecule has 0 spiro atoms. The van der Waals surface area contributed by atoms with Gasteiger partial charge in [0.15, 0.2) is 0 Å². The number of anilines is 1. The second-order valence-electron chi connectivity index (χ2n) is 4.14. The van der Waals surface area contributed by atoms with Crippen LogP contribution in [0.3, 0.4) is 0 Å². The lowest BCUT2D eigenvalue weighted by Gasteiger charge is -2.24. The highest BCUT2D eigenvalue weighted by Gasteiger charge is 2.25. The molecule has 0 bridgehead atoms. The van der Waals surface area contributed by atoms with Crippen molar-refractivity contribution in [3.63, 3.8) is 0 Å². The van der Waals surface area contributed by atoms with Crippen LogP contribution in [0.15, 0.2) is 18.2 Å². The Morgan fingerprint density at radius 1 is 1.53 bits per heavy atom. The van der Waals surface area contributed by atoms with Gasteiger partial charge in [-0.05, 0) is 26.0 Å². The Morgan fingerprint density at radius 2 is 2.18 bits per heavy atom. The Kier molecular flexibility index (Phi) is 3.59. The Bertz CT molecular complexity index is 475. The van der Waals surface area contributed by atoms with Crippen LogP contribution < -0.4 is 15.8 Å². The van der Waals surface area contributed by atoms with Crippen LogP contribution in [-0.2, 0) is 4.79 Å². The lowest BCUT2D eigenvalue weighted by Crippen LogP contribution is -2.45. The summed E-state index contributed by atoms with van der Waals surface area (Å²) >= 11 is 0. The highest BCUT2D eigenvalue weighted by molar-refractivity contribution is 5.87. The van der Waals surface area contributed by atoms with E-state index in [-0.39, 0.29) is 0 Å². The largest absolute Gasteiger partial charge is 0.497 e. The van der Waals surface area contributed by atoms with Crippen LogP contribution in [0, 0.1) is 11.3 Å². The number of nitrogens with two attached hydrogens (primary N) is 1. The Hall–Kier alpha value is -2.22. The van der Waals surface area contributed by atoms with E-state index < -0.39 is 11.4 Å². The zero-order valence-corrected chi connectivity index (χ0v) is 10.1. The Morgan fingerprint density at radius 3 is 2.65 bits per heavy atom. The van der Waals surface area contributed by atoms with Gasteiger partial charge in [0.25, 0.3) is 0 Å². The molecule has 1 aromatic carbocycles. The zero-order chi connectivity index (χ0) is 13.1. The van der Waals surface area contributed by atoms with E-state index in [1.165, 1.54) is 7.11 Å². The van der Waals surface area contributed by atoms with Gasteiger partial charge in [-0.3, -0.25) is 4.79 Å². The first-order valence-electron chi connectivity index (χ1n) is 5.07. The van der Waals surface area contributed by atoms with Gasteiger partial charge in [-0.25, -0.2) is 0 Å². The van der Waals surface area contributed by atoms with E-state index in [2.05, 4.69) is 5.32 Å².